The van der Waals surface area contributed by atoms with E-state index in [0.717, 1.165) is 39.3 Å². The van der Waals surface area contributed by atoms with Crippen LogP contribution in [-0.4, -0.2) is 0 Å². The van der Waals surface area contributed by atoms with Crippen LogP contribution in [0.2, 0.25) is 0 Å². The number of anilines is 3. The number of fused-ring (bicyclic) bond motifs is 3. The molecule has 10 aromatic rings. The topological polar surface area (TPSA) is 3.24 Å². The summed E-state index contributed by atoms with van der Waals surface area (Å²) in [7, 11) is 0. The van der Waals surface area contributed by atoms with E-state index in [1.54, 1.807) is 0 Å². The average Bonchev–Trinajstić information content (AvgIpc) is 3.30. The standard InChI is InChI=1S/C56H39N/c1-5-19-40(20-6-1)41-33-35-44(36-34-41)48-29-17-18-32-55(48)57(46-26-11-4-12-27-46)56-39-51(42-21-7-2-8-22-42)54(38-52(56)43-23-9-3-10-24-43)53-37-45-25-13-14-28-47(45)49-30-15-16-31-50(49)53/h1-39H. The predicted molar refractivity (Wildman–Crippen MR) is 243 cm³/mol. The molecule has 0 saturated heterocycles. The molecule has 0 aromatic heterocycles. The zero-order chi connectivity index (χ0) is 38.0. The fourth-order valence-electron chi connectivity index (χ4n) is 8.35. The van der Waals surface area contributed by atoms with E-state index in [1.807, 2.05) is 0 Å². The highest BCUT2D eigenvalue weighted by Gasteiger charge is 2.24. The fourth-order valence-corrected chi connectivity index (χ4v) is 8.35. The summed E-state index contributed by atoms with van der Waals surface area (Å²) in [6, 6.07) is 85.8. The van der Waals surface area contributed by atoms with E-state index in [0.29, 0.717) is 0 Å². The second-order valence-electron chi connectivity index (χ2n) is 14.5. The molecule has 0 aliphatic heterocycles. The number of rotatable bonds is 8. The smallest absolute Gasteiger partial charge is 0.0546 e. The van der Waals surface area contributed by atoms with Gasteiger partial charge in [0.05, 0.1) is 11.4 Å². The molecule has 10 aromatic carbocycles. The molecule has 268 valence electrons. The third kappa shape index (κ3) is 6.46. The molecule has 1 heteroatoms. The summed E-state index contributed by atoms with van der Waals surface area (Å²) in [5, 5.41) is 4.99. The van der Waals surface area contributed by atoms with Crippen LogP contribution in [0.25, 0.3) is 77.2 Å². The highest BCUT2D eigenvalue weighted by Crippen LogP contribution is 2.50. The number of hydrogen-bond acceptors (Lipinski definition) is 1. The summed E-state index contributed by atoms with van der Waals surface area (Å²) in [5.41, 5.74) is 15.1. The second-order valence-corrected chi connectivity index (χ2v) is 14.5. The van der Waals surface area contributed by atoms with Crippen molar-refractivity contribution in [1.29, 1.82) is 0 Å². The molecule has 0 fully saturated rings. The van der Waals surface area contributed by atoms with Crippen LogP contribution in [0.4, 0.5) is 17.1 Å². The molecule has 10 rings (SSSR count). The van der Waals surface area contributed by atoms with Crippen LogP contribution in [0.1, 0.15) is 0 Å². The molecule has 0 aliphatic carbocycles. The average molecular weight is 726 g/mol. The minimum atomic E-state index is 1.09. The molecular formula is C56H39N. The monoisotopic (exact) mass is 725 g/mol. The Labute approximate surface area is 334 Å². The van der Waals surface area contributed by atoms with E-state index >= 15 is 0 Å². The zero-order valence-electron chi connectivity index (χ0n) is 31.5. The molecule has 0 amide bonds. The number of nitrogens with zero attached hydrogens (tertiary/aromatic N) is 1. The lowest BCUT2D eigenvalue weighted by Gasteiger charge is -2.31. The molecule has 0 spiro atoms. The fraction of sp³-hybridized carbons (Fsp3) is 0. The van der Waals surface area contributed by atoms with Crippen LogP contribution in [-0.2, 0) is 0 Å². The first-order chi connectivity index (χ1) is 28.3. The molecular weight excluding hydrogens is 687 g/mol. The van der Waals surface area contributed by atoms with Gasteiger partial charge in [0.15, 0.2) is 0 Å². The van der Waals surface area contributed by atoms with Crippen molar-refractivity contribution in [3.05, 3.63) is 237 Å². The van der Waals surface area contributed by atoms with Crippen molar-refractivity contribution >= 4 is 38.6 Å². The Kier molecular flexibility index (Phi) is 8.95. The number of para-hydroxylation sites is 2. The Bertz CT molecular complexity index is 2970. The van der Waals surface area contributed by atoms with Crippen LogP contribution in [0.15, 0.2) is 237 Å². The van der Waals surface area contributed by atoms with Gasteiger partial charge in [-0.2, -0.15) is 0 Å². The molecule has 0 unspecified atom stereocenters. The molecule has 0 bridgehead atoms. The van der Waals surface area contributed by atoms with Gasteiger partial charge in [0, 0.05) is 16.8 Å². The lowest BCUT2D eigenvalue weighted by Crippen LogP contribution is -2.13. The first-order valence-corrected chi connectivity index (χ1v) is 19.6. The second kappa shape index (κ2) is 15.0. The molecule has 0 radical (unpaired) electrons. The van der Waals surface area contributed by atoms with Gasteiger partial charge in [-0.15, -0.1) is 0 Å². The first-order valence-electron chi connectivity index (χ1n) is 19.6. The number of hydrogen-bond donors (Lipinski definition) is 0. The summed E-state index contributed by atoms with van der Waals surface area (Å²) in [4.78, 5) is 2.46. The zero-order valence-corrected chi connectivity index (χ0v) is 31.5. The highest BCUT2D eigenvalue weighted by molar-refractivity contribution is 6.15. The molecule has 0 saturated carbocycles. The molecule has 0 atom stereocenters. The molecule has 57 heavy (non-hydrogen) atoms. The minimum absolute atomic E-state index is 1.09. The van der Waals surface area contributed by atoms with Crippen LogP contribution >= 0.6 is 0 Å². The van der Waals surface area contributed by atoms with Crippen molar-refractivity contribution in [2.24, 2.45) is 0 Å². The lowest BCUT2D eigenvalue weighted by atomic mass is 9.86. The van der Waals surface area contributed by atoms with Crippen LogP contribution in [0.3, 0.4) is 0 Å². The van der Waals surface area contributed by atoms with Gasteiger partial charge in [-0.3, -0.25) is 0 Å². The van der Waals surface area contributed by atoms with Crippen LogP contribution < -0.4 is 4.90 Å². The summed E-state index contributed by atoms with van der Waals surface area (Å²) >= 11 is 0. The normalized spacial score (nSPS) is 11.2. The quantitative estimate of drug-likeness (QED) is 0.141. The van der Waals surface area contributed by atoms with Gasteiger partial charge in [-0.1, -0.05) is 200 Å². The third-order valence-electron chi connectivity index (χ3n) is 11.1. The van der Waals surface area contributed by atoms with Crippen molar-refractivity contribution < 1.29 is 0 Å². The van der Waals surface area contributed by atoms with Gasteiger partial charge in [0.25, 0.3) is 0 Å². The molecule has 0 N–H and O–H groups in total. The van der Waals surface area contributed by atoms with E-state index in [1.165, 1.54) is 54.9 Å². The predicted octanol–water partition coefficient (Wildman–Crippen LogP) is 15.8. The van der Waals surface area contributed by atoms with Crippen LogP contribution in [0, 0.1) is 0 Å². The lowest BCUT2D eigenvalue weighted by molar-refractivity contribution is 1.28. The summed E-state index contributed by atoms with van der Waals surface area (Å²) < 4.78 is 0. The molecule has 0 heterocycles. The minimum Gasteiger partial charge on any atom is -0.309 e. The highest BCUT2D eigenvalue weighted by atomic mass is 15.1. The van der Waals surface area contributed by atoms with E-state index in [2.05, 4.69) is 241 Å². The van der Waals surface area contributed by atoms with Crippen molar-refractivity contribution in [3.8, 4) is 55.6 Å². The van der Waals surface area contributed by atoms with E-state index in [-0.39, 0.29) is 0 Å². The van der Waals surface area contributed by atoms with Gasteiger partial charge >= 0.3 is 0 Å². The largest absolute Gasteiger partial charge is 0.309 e. The van der Waals surface area contributed by atoms with Gasteiger partial charge in [0.2, 0.25) is 0 Å². The maximum absolute atomic E-state index is 2.46. The first kappa shape index (κ1) is 34.0. The Morgan fingerprint density at radius 1 is 0.228 bits per heavy atom. The SMILES string of the molecule is c1ccc(-c2ccc(-c3ccccc3N(c3ccccc3)c3cc(-c4ccccc4)c(-c4cc5ccccc5c5ccccc45)cc3-c3ccccc3)cc2)cc1. The van der Waals surface area contributed by atoms with Crippen molar-refractivity contribution in [3.63, 3.8) is 0 Å². The Balaban J connectivity index is 1.27. The summed E-state index contributed by atoms with van der Waals surface area (Å²) in [6.07, 6.45) is 0. The van der Waals surface area contributed by atoms with Crippen molar-refractivity contribution in [1.82, 2.24) is 0 Å². The van der Waals surface area contributed by atoms with Crippen LogP contribution in [0.5, 0.6) is 0 Å². The van der Waals surface area contributed by atoms with Gasteiger partial charge in [0.1, 0.15) is 0 Å². The van der Waals surface area contributed by atoms with Gasteiger partial charge in [-0.25, -0.2) is 0 Å². The summed E-state index contributed by atoms with van der Waals surface area (Å²) in [5.74, 6) is 0. The summed E-state index contributed by atoms with van der Waals surface area (Å²) in [6.45, 7) is 0. The van der Waals surface area contributed by atoms with Gasteiger partial charge < -0.3 is 4.90 Å². The maximum atomic E-state index is 2.46. The van der Waals surface area contributed by atoms with E-state index < -0.39 is 0 Å². The Hall–Kier alpha value is -7.48. The van der Waals surface area contributed by atoms with Crippen molar-refractivity contribution in [2.45, 2.75) is 0 Å². The van der Waals surface area contributed by atoms with Gasteiger partial charge in [-0.05, 0) is 102 Å². The molecule has 1 nitrogen and oxygen atoms in total. The molecule has 0 aliphatic rings. The van der Waals surface area contributed by atoms with E-state index in [4.69, 9.17) is 0 Å². The maximum Gasteiger partial charge on any atom is 0.0546 e. The third-order valence-corrected chi connectivity index (χ3v) is 11.1. The van der Waals surface area contributed by atoms with Crippen molar-refractivity contribution in [2.75, 3.05) is 4.90 Å². The number of benzene rings is 10. The Morgan fingerprint density at radius 2 is 0.702 bits per heavy atom. The van der Waals surface area contributed by atoms with E-state index in [9.17, 15) is 0 Å². The Morgan fingerprint density at radius 3 is 1.39 bits per heavy atom.